The highest BCUT2D eigenvalue weighted by atomic mass is 79.9. The van der Waals surface area contributed by atoms with Gasteiger partial charge in [-0.2, -0.15) is 0 Å². The van der Waals surface area contributed by atoms with Crippen molar-refractivity contribution < 1.29 is 9.59 Å². The molecule has 0 aliphatic rings. The summed E-state index contributed by atoms with van der Waals surface area (Å²) in [4.78, 5) is 35.7. The van der Waals surface area contributed by atoms with Crippen LogP contribution in [0, 0.1) is 0 Å². The van der Waals surface area contributed by atoms with E-state index in [-0.39, 0.29) is 18.4 Å². The lowest BCUT2D eigenvalue weighted by Crippen LogP contribution is -2.43. The van der Waals surface area contributed by atoms with Gasteiger partial charge < -0.3 is 16.0 Å². The van der Waals surface area contributed by atoms with Gasteiger partial charge in [-0.15, -0.1) is 0 Å². The number of aryl methyl sites for hydroxylation is 1. The van der Waals surface area contributed by atoms with Gasteiger partial charge in [-0.1, -0.05) is 48.3 Å². The lowest BCUT2D eigenvalue weighted by Gasteiger charge is -2.22. The molecule has 1 heterocycles. The second-order valence-electron chi connectivity index (χ2n) is 8.16. The fraction of sp³-hybridized carbons (Fsp3) is 0.462. The molecular weight excluding hydrogens is 508 g/mol. The zero-order chi connectivity index (χ0) is 26.0. The van der Waals surface area contributed by atoms with Gasteiger partial charge in [-0.3, -0.25) is 14.5 Å². The van der Waals surface area contributed by atoms with Gasteiger partial charge in [0.25, 0.3) is 0 Å². The van der Waals surface area contributed by atoms with Crippen LogP contribution in [-0.2, 0) is 16.0 Å². The number of nitrogens with one attached hydrogen (secondary N) is 3. The van der Waals surface area contributed by atoms with Crippen LogP contribution in [0.1, 0.15) is 59.9 Å². The third-order valence-corrected chi connectivity index (χ3v) is 6.07. The van der Waals surface area contributed by atoms with E-state index in [0.29, 0.717) is 24.7 Å². The van der Waals surface area contributed by atoms with Gasteiger partial charge in [0.1, 0.15) is 18.2 Å². The number of aliphatic imine (C=N–C) groups is 1. The number of nitrogens with zero attached hydrogens (tertiary/aromatic N) is 3. The van der Waals surface area contributed by atoms with Gasteiger partial charge in [0, 0.05) is 41.1 Å². The molecule has 2 aromatic rings. The van der Waals surface area contributed by atoms with Gasteiger partial charge in [0.2, 0.25) is 17.8 Å². The quantitative estimate of drug-likeness (QED) is 0.210. The average molecular weight is 546 g/mol. The summed E-state index contributed by atoms with van der Waals surface area (Å²) in [6.45, 7) is 12.4. The SMILES string of the molecule is C/C=C(\C)NC(=NCC(=O)Nc1nc(NCCCC)c2cc(Br)ccc2c1CC)N(CC)C(C)=O. The number of carbonyl (C=O) groups is 2. The Morgan fingerprint density at radius 1 is 1.14 bits per heavy atom. The van der Waals surface area contributed by atoms with Crippen LogP contribution in [0.2, 0.25) is 0 Å². The topological polar surface area (TPSA) is 98.7 Å². The maximum Gasteiger partial charge on any atom is 0.247 e. The minimum atomic E-state index is -0.305. The fourth-order valence-corrected chi connectivity index (χ4v) is 3.96. The number of carbonyl (C=O) groups excluding carboxylic acids is 2. The molecule has 2 rings (SSSR count). The molecule has 0 spiro atoms. The highest BCUT2D eigenvalue weighted by molar-refractivity contribution is 9.10. The molecule has 0 aliphatic carbocycles. The maximum absolute atomic E-state index is 13.0. The number of guanidine groups is 1. The fourth-order valence-electron chi connectivity index (χ4n) is 3.60. The van der Waals surface area contributed by atoms with Crippen LogP contribution in [0.15, 0.2) is 39.4 Å². The molecule has 35 heavy (non-hydrogen) atoms. The summed E-state index contributed by atoms with van der Waals surface area (Å²) in [7, 11) is 0. The Labute approximate surface area is 216 Å². The summed E-state index contributed by atoms with van der Waals surface area (Å²) in [6, 6.07) is 6.09. The molecule has 8 nitrogen and oxygen atoms in total. The largest absolute Gasteiger partial charge is 0.369 e. The van der Waals surface area contributed by atoms with E-state index in [0.717, 1.165) is 51.7 Å². The summed E-state index contributed by atoms with van der Waals surface area (Å²) in [5, 5.41) is 11.5. The van der Waals surface area contributed by atoms with Crippen LogP contribution in [0.4, 0.5) is 11.6 Å². The van der Waals surface area contributed by atoms with E-state index in [4.69, 9.17) is 4.98 Å². The second-order valence-corrected chi connectivity index (χ2v) is 9.08. The molecule has 0 radical (unpaired) electrons. The summed E-state index contributed by atoms with van der Waals surface area (Å²) < 4.78 is 0.973. The van der Waals surface area contributed by atoms with Crippen LogP contribution >= 0.6 is 15.9 Å². The molecule has 0 saturated heterocycles. The van der Waals surface area contributed by atoms with Gasteiger partial charge in [0.15, 0.2) is 0 Å². The van der Waals surface area contributed by atoms with Gasteiger partial charge in [0.05, 0.1) is 0 Å². The van der Waals surface area contributed by atoms with Crippen molar-refractivity contribution in [2.45, 2.75) is 60.8 Å². The Bertz CT molecular complexity index is 1110. The first-order chi connectivity index (χ1) is 16.7. The Hall–Kier alpha value is -2.94. The van der Waals surface area contributed by atoms with Gasteiger partial charge in [-0.25, -0.2) is 9.98 Å². The van der Waals surface area contributed by atoms with E-state index < -0.39 is 0 Å². The molecule has 0 fully saturated rings. The third-order valence-electron chi connectivity index (χ3n) is 5.57. The summed E-state index contributed by atoms with van der Waals surface area (Å²) in [5.41, 5.74) is 1.80. The van der Waals surface area contributed by atoms with Crippen LogP contribution in [0.5, 0.6) is 0 Å². The zero-order valence-corrected chi connectivity index (χ0v) is 23.2. The standard InChI is InChI=1S/C26H37BrN6O2/c1-7-11-14-28-24-22-15-19(27)12-13-21(22)20(9-3)25(32-24)31-23(35)16-29-26(30-17(5)8-2)33(10-4)18(6)34/h8,12-13,15H,7,9-11,14,16H2,1-6H3,(H,29,30)(H2,28,31,32,35)/b17-8+. The van der Waals surface area contributed by atoms with Crippen LogP contribution in [-0.4, -0.2) is 47.3 Å². The molecule has 0 bridgehead atoms. The summed E-state index contributed by atoms with van der Waals surface area (Å²) in [6.07, 6.45) is 4.68. The first-order valence-corrected chi connectivity index (χ1v) is 12.9. The minimum absolute atomic E-state index is 0.148. The highest BCUT2D eigenvalue weighted by Gasteiger charge is 2.17. The number of amides is 2. The molecule has 3 N–H and O–H groups in total. The van der Waals surface area contributed by atoms with E-state index in [9.17, 15) is 9.59 Å². The predicted molar refractivity (Wildman–Crippen MR) is 149 cm³/mol. The van der Waals surface area contributed by atoms with Crippen LogP contribution in [0.25, 0.3) is 10.8 Å². The number of pyridine rings is 1. The molecule has 1 aromatic heterocycles. The normalized spacial score (nSPS) is 12.0. The van der Waals surface area contributed by atoms with Crippen molar-refractivity contribution in [2.24, 2.45) is 4.99 Å². The lowest BCUT2D eigenvalue weighted by atomic mass is 10.0. The average Bonchev–Trinajstić information content (AvgIpc) is 2.82. The smallest absolute Gasteiger partial charge is 0.247 e. The van der Waals surface area contributed by atoms with E-state index in [1.54, 1.807) is 0 Å². The van der Waals surface area contributed by atoms with Crippen molar-refractivity contribution in [3.8, 4) is 0 Å². The number of benzene rings is 1. The second kappa shape index (κ2) is 13.8. The van der Waals surface area contributed by atoms with E-state index >= 15 is 0 Å². The lowest BCUT2D eigenvalue weighted by molar-refractivity contribution is -0.125. The third kappa shape index (κ3) is 7.78. The Morgan fingerprint density at radius 2 is 1.89 bits per heavy atom. The highest BCUT2D eigenvalue weighted by Crippen LogP contribution is 2.32. The van der Waals surface area contributed by atoms with Crippen molar-refractivity contribution in [2.75, 3.05) is 30.3 Å². The number of anilines is 2. The molecule has 0 saturated carbocycles. The number of unbranched alkanes of at least 4 members (excludes halogenated alkanes) is 1. The number of halogens is 1. The number of fused-ring (bicyclic) bond motifs is 1. The van der Waals surface area contributed by atoms with Crippen molar-refractivity contribution >= 4 is 56.1 Å². The number of hydrogen-bond donors (Lipinski definition) is 3. The first kappa shape index (κ1) is 28.3. The molecule has 0 aliphatic heterocycles. The Balaban J connectivity index is 2.39. The number of hydrogen-bond acceptors (Lipinski definition) is 5. The van der Waals surface area contributed by atoms with Gasteiger partial charge >= 0.3 is 0 Å². The molecule has 2 amide bonds. The van der Waals surface area contributed by atoms with Crippen molar-refractivity contribution in [3.63, 3.8) is 0 Å². The molecule has 0 atom stereocenters. The molecule has 1 aromatic carbocycles. The first-order valence-electron chi connectivity index (χ1n) is 12.1. The molecule has 0 unspecified atom stereocenters. The van der Waals surface area contributed by atoms with Gasteiger partial charge in [-0.05, 0) is 51.1 Å². The van der Waals surface area contributed by atoms with E-state index in [1.807, 2.05) is 52.0 Å². The van der Waals surface area contributed by atoms with Crippen LogP contribution in [0.3, 0.4) is 0 Å². The maximum atomic E-state index is 13.0. The Kier molecular flexibility index (Phi) is 11.2. The number of rotatable bonds is 10. The number of allylic oxidation sites excluding steroid dienone is 2. The monoisotopic (exact) mass is 544 g/mol. The molecular formula is C26H37BrN6O2. The van der Waals surface area contributed by atoms with E-state index in [1.165, 1.54) is 11.8 Å². The summed E-state index contributed by atoms with van der Waals surface area (Å²) in [5.74, 6) is 1.16. The van der Waals surface area contributed by atoms with Crippen LogP contribution < -0.4 is 16.0 Å². The summed E-state index contributed by atoms with van der Waals surface area (Å²) >= 11 is 3.56. The number of aromatic nitrogens is 1. The van der Waals surface area contributed by atoms with E-state index in [2.05, 4.69) is 43.8 Å². The van der Waals surface area contributed by atoms with Crippen molar-refractivity contribution in [3.05, 3.63) is 40.0 Å². The predicted octanol–water partition coefficient (Wildman–Crippen LogP) is 5.45. The molecule has 9 heteroatoms. The van der Waals surface area contributed by atoms with Crippen molar-refractivity contribution in [1.82, 2.24) is 15.2 Å². The Morgan fingerprint density at radius 3 is 2.49 bits per heavy atom. The van der Waals surface area contributed by atoms with Crippen molar-refractivity contribution in [1.29, 1.82) is 0 Å². The minimum Gasteiger partial charge on any atom is -0.369 e. The molecule has 190 valence electrons. The zero-order valence-electron chi connectivity index (χ0n) is 21.6.